The number of aliphatic hydroxyl groups excluding tert-OH is 1. The maximum absolute atomic E-state index is 11.0. The summed E-state index contributed by atoms with van der Waals surface area (Å²) in [5.74, 6) is 1.35. The molecule has 0 bridgehead atoms. The van der Waals surface area contributed by atoms with E-state index in [0.717, 1.165) is 41.6 Å². The molecule has 1 aliphatic rings. The minimum atomic E-state index is -0.478. The van der Waals surface area contributed by atoms with E-state index in [1.54, 1.807) is 0 Å². The first kappa shape index (κ1) is 14.6. The van der Waals surface area contributed by atoms with Crippen LogP contribution < -0.4 is 0 Å². The van der Waals surface area contributed by atoms with Crippen LogP contribution in [-0.4, -0.2) is 5.11 Å². The van der Waals surface area contributed by atoms with Crippen LogP contribution in [0.2, 0.25) is 0 Å². The van der Waals surface area contributed by atoms with Crippen LogP contribution in [0.1, 0.15) is 63.4 Å². The fourth-order valence-corrected chi connectivity index (χ4v) is 4.15. The maximum Gasteiger partial charge on any atom is 0.137 e. The topological polar surface area (TPSA) is 33.4 Å². The zero-order valence-corrected chi connectivity index (χ0v) is 13.4. The summed E-state index contributed by atoms with van der Waals surface area (Å²) in [4.78, 5) is 0. The number of aliphatic hydroxyl groups is 1. The number of furan rings is 1. The van der Waals surface area contributed by atoms with E-state index in [0.29, 0.717) is 5.92 Å². The lowest BCUT2D eigenvalue weighted by Crippen LogP contribution is -2.27. The largest absolute Gasteiger partial charge is 0.458 e. The molecule has 1 saturated carbocycles. The molecule has 1 aromatic heterocycles. The van der Waals surface area contributed by atoms with Gasteiger partial charge in [-0.15, -0.1) is 0 Å². The molecule has 0 spiro atoms. The highest BCUT2D eigenvalue weighted by Crippen LogP contribution is 2.52. The summed E-state index contributed by atoms with van der Waals surface area (Å²) in [5, 5.41) is 12.1. The van der Waals surface area contributed by atoms with Crippen LogP contribution in [0.4, 0.5) is 0 Å². The fourth-order valence-electron chi connectivity index (χ4n) is 4.15. The van der Waals surface area contributed by atoms with Crippen molar-refractivity contribution in [3.05, 3.63) is 35.6 Å². The summed E-state index contributed by atoms with van der Waals surface area (Å²) in [6.07, 6.45) is 5.27. The number of hydrogen-bond donors (Lipinski definition) is 1. The average molecular weight is 286 g/mol. The Bertz CT molecular complexity index is 618. The van der Waals surface area contributed by atoms with Crippen LogP contribution in [0.25, 0.3) is 11.0 Å². The first-order valence-corrected chi connectivity index (χ1v) is 8.19. The summed E-state index contributed by atoms with van der Waals surface area (Å²) in [6, 6.07) is 8.20. The molecule has 1 unspecified atom stereocenters. The van der Waals surface area contributed by atoms with E-state index < -0.39 is 6.10 Å². The second-order valence-corrected chi connectivity index (χ2v) is 7.21. The first-order valence-electron chi connectivity index (χ1n) is 8.19. The number of aryl methyl sites for hydroxylation is 1. The molecule has 1 fully saturated rings. The second-order valence-electron chi connectivity index (χ2n) is 7.21. The third kappa shape index (κ3) is 2.62. The van der Waals surface area contributed by atoms with Crippen molar-refractivity contribution in [2.75, 3.05) is 0 Å². The molecule has 0 amide bonds. The van der Waals surface area contributed by atoms with Crippen molar-refractivity contribution in [1.82, 2.24) is 0 Å². The van der Waals surface area contributed by atoms with Gasteiger partial charge in [0.05, 0.1) is 0 Å². The SMILES string of the molecule is Cc1cccc2cc(C(O)C3(CC(C)C)CCCC3)oc12. The molecular weight excluding hydrogens is 260 g/mol. The Hall–Kier alpha value is -1.28. The number of benzene rings is 1. The first-order chi connectivity index (χ1) is 10.0. The van der Waals surface area contributed by atoms with Gasteiger partial charge in [-0.2, -0.15) is 0 Å². The molecule has 114 valence electrons. The highest BCUT2D eigenvalue weighted by atomic mass is 16.4. The van der Waals surface area contributed by atoms with Crippen LogP contribution >= 0.6 is 0 Å². The van der Waals surface area contributed by atoms with E-state index in [-0.39, 0.29) is 5.41 Å². The predicted octanol–water partition coefficient (Wildman–Crippen LogP) is 5.38. The lowest BCUT2D eigenvalue weighted by atomic mass is 9.73. The minimum absolute atomic E-state index is 0.00987. The lowest BCUT2D eigenvalue weighted by molar-refractivity contribution is -0.00267. The molecule has 2 aromatic rings. The zero-order chi connectivity index (χ0) is 15.0. The molecule has 1 aromatic carbocycles. The molecule has 1 atom stereocenters. The van der Waals surface area contributed by atoms with Gasteiger partial charge >= 0.3 is 0 Å². The number of fused-ring (bicyclic) bond motifs is 1. The zero-order valence-electron chi connectivity index (χ0n) is 13.4. The van der Waals surface area contributed by atoms with Gasteiger partial charge in [0, 0.05) is 10.8 Å². The third-order valence-electron chi connectivity index (χ3n) is 5.02. The monoisotopic (exact) mass is 286 g/mol. The Labute approximate surface area is 127 Å². The van der Waals surface area contributed by atoms with Gasteiger partial charge in [-0.1, -0.05) is 44.9 Å². The average Bonchev–Trinajstić information content (AvgIpc) is 3.05. The van der Waals surface area contributed by atoms with Gasteiger partial charge in [-0.05, 0) is 43.7 Å². The predicted molar refractivity (Wildman–Crippen MR) is 86.3 cm³/mol. The Morgan fingerprint density at radius 2 is 1.95 bits per heavy atom. The van der Waals surface area contributed by atoms with Gasteiger partial charge in [0.15, 0.2) is 0 Å². The molecule has 1 aliphatic carbocycles. The van der Waals surface area contributed by atoms with E-state index in [9.17, 15) is 5.11 Å². The summed E-state index contributed by atoms with van der Waals surface area (Å²) < 4.78 is 6.03. The Morgan fingerprint density at radius 3 is 2.57 bits per heavy atom. The smallest absolute Gasteiger partial charge is 0.137 e. The van der Waals surface area contributed by atoms with Crippen LogP contribution in [0.3, 0.4) is 0 Å². The van der Waals surface area contributed by atoms with E-state index in [4.69, 9.17) is 4.42 Å². The normalized spacial score (nSPS) is 19.5. The summed E-state index contributed by atoms with van der Waals surface area (Å²) in [5.41, 5.74) is 2.06. The summed E-state index contributed by atoms with van der Waals surface area (Å²) in [7, 11) is 0. The molecule has 0 radical (unpaired) electrons. The van der Waals surface area contributed by atoms with Crippen molar-refractivity contribution in [3.63, 3.8) is 0 Å². The fraction of sp³-hybridized carbons (Fsp3) is 0.579. The highest BCUT2D eigenvalue weighted by molar-refractivity contribution is 5.81. The third-order valence-corrected chi connectivity index (χ3v) is 5.02. The maximum atomic E-state index is 11.0. The Balaban J connectivity index is 1.98. The van der Waals surface area contributed by atoms with Crippen LogP contribution in [0, 0.1) is 18.3 Å². The van der Waals surface area contributed by atoms with Gasteiger partial charge in [0.25, 0.3) is 0 Å². The Kier molecular flexibility index (Phi) is 3.83. The lowest BCUT2D eigenvalue weighted by Gasteiger charge is -2.34. The van der Waals surface area contributed by atoms with E-state index in [1.807, 2.05) is 12.1 Å². The molecule has 2 nitrogen and oxygen atoms in total. The number of rotatable bonds is 4. The molecule has 1 N–H and O–H groups in total. The molecule has 0 saturated heterocycles. The van der Waals surface area contributed by atoms with E-state index >= 15 is 0 Å². The van der Waals surface area contributed by atoms with Crippen molar-refractivity contribution in [2.45, 2.75) is 59.0 Å². The number of para-hydroxylation sites is 1. The van der Waals surface area contributed by atoms with Crippen LogP contribution in [-0.2, 0) is 0 Å². The Morgan fingerprint density at radius 1 is 1.24 bits per heavy atom. The van der Waals surface area contributed by atoms with E-state index in [1.165, 1.54) is 12.8 Å². The molecule has 21 heavy (non-hydrogen) atoms. The molecule has 0 aliphatic heterocycles. The van der Waals surface area contributed by atoms with Crippen molar-refractivity contribution >= 4 is 11.0 Å². The second kappa shape index (κ2) is 5.49. The van der Waals surface area contributed by atoms with Gasteiger partial charge in [0.2, 0.25) is 0 Å². The van der Waals surface area contributed by atoms with Gasteiger partial charge in [-0.25, -0.2) is 0 Å². The molecular formula is C19H26O2. The highest BCUT2D eigenvalue weighted by Gasteiger charge is 2.43. The van der Waals surface area contributed by atoms with Gasteiger partial charge in [-0.3, -0.25) is 0 Å². The van der Waals surface area contributed by atoms with Gasteiger partial charge < -0.3 is 9.52 Å². The van der Waals surface area contributed by atoms with Crippen molar-refractivity contribution in [1.29, 1.82) is 0 Å². The summed E-state index contributed by atoms with van der Waals surface area (Å²) in [6.45, 7) is 6.55. The number of hydrogen-bond acceptors (Lipinski definition) is 2. The van der Waals surface area contributed by atoms with Crippen molar-refractivity contribution < 1.29 is 9.52 Å². The van der Waals surface area contributed by atoms with Crippen molar-refractivity contribution in [2.24, 2.45) is 11.3 Å². The standard InChI is InChI=1S/C19H26O2/c1-13(2)12-19(9-4-5-10-19)18(20)16-11-15-8-6-7-14(3)17(15)21-16/h6-8,11,13,18,20H,4-5,9-10,12H2,1-3H3. The van der Waals surface area contributed by atoms with Gasteiger partial charge in [0.1, 0.15) is 17.4 Å². The van der Waals surface area contributed by atoms with Crippen LogP contribution in [0.15, 0.2) is 28.7 Å². The van der Waals surface area contributed by atoms with Crippen LogP contribution in [0.5, 0.6) is 0 Å². The summed E-state index contributed by atoms with van der Waals surface area (Å²) >= 11 is 0. The quantitative estimate of drug-likeness (QED) is 0.818. The molecule has 1 heterocycles. The van der Waals surface area contributed by atoms with Crippen molar-refractivity contribution in [3.8, 4) is 0 Å². The minimum Gasteiger partial charge on any atom is -0.458 e. The molecule has 3 rings (SSSR count). The molecule has 2 heteroatoms. The van der Waals surface area contributed by atoms with E-state index in [2.05, 4.69) is 32.9 Å².